The number of piperazine rings is 1. The van der Waals surface area contributed by atoms with Crippen molar-refractivity contribution >= 4 is 11.7 Å². The molecule has 2 heterocycles. The molecule has 0 bridgehead atoms. The molecule has 1 N–H and O–H groups in total. The van der Waals surface area contributed by atoms with Crippen molar-refractivity contribution < 1.29 is 19.2 Å². The molecule has 3 rings (SSSR count). The van der Waals surface area contributed by atoms with E-state index in [9.17, 15) is 9.90 Å². The number of aryl methyl sites for hydroxylation is 2. The Labute approximate surface area is 153 Å². The van der Waals surface area contributed by atoms with Gasteiger partial charge >= 0.3 is 5.97 Å². The predicted octanol–water partition coefficient (Wildman–Crippen LogP) is 2.64. The van der Waals surface area contributed by atoms with Crippen LogP contribution in [0.2, 0.25) is 0 Å². The molecular formula is C19H25N3O4. The second-order valence-corrected chi connectivity index (χ2v) is 6.40. The van der Waals surface area contributed by atoms with Crippen LogP contribution in [0.3, 0.4) is 0 Å². The van der Waals surface area contributed by atoms with Gasteiger partial charge in [0.25, 0.3) is 0 Å². The van der Waals surface area contributed by atoms with Crippen LogP contribution in [0.25, 0.3) is 0 Å². The van der Waals surface area contributed by atoms with Gasteiger partial charge in [-0.1, -0.05) is 17.3 Å². The third kappa shape index (κ3) is 3.53. The van der Waals surface area contributed by atoms with E-state index in [1.807, 2.05) is 36.1 Å². The van der Waals surface area contributed by atoms with Gasteiger partial charge in [0.2, 0.25) is 0 Å². The molecule has 1 aliphatic heterocycles. The number of hydrogen-bond donors (Lipinski definition) is 1. The van der Waals surface area contributed by atoms with Crippen LogP contribution in [0.5, 0.6) is 5.75 Å². The summed E-state index contributed by atoms with van der Waals surface area (Å²) >= 11 is 0. The molecule has 2 aromatic rings. The number of rotatable bonds is 6. The molecule has 0 spiro atoms. The number of carboxylic acid groups (broad SMARTS) is 1. The normalized spacial score (nSPS) is 16.5. The lowest BCUT2D eigenvalue weighted by molar-refractivity contribution is -0.143. The summed E-state index contributed by atoms with van der Waals surface area (Å²) in [6, 6.07) is 7.24. The fourth-order valence-electron chi connectivity index (χ4n) is 3.56. The molecule has 0 radical (unpaired) electrons. The third-order valence-corrected chi connectivity index (χ3v) is 4.78. The van der Waals surface area contributed by atoms with Crippen molar-refractivity contribution in [1.29, 1.82) is 0 Å². The smallest absolute Gasteiger partial charge is 0.325 e. The van der Waals surface area contributed by atoms with Crippen LogP contribution in [-0.2, 0) is 4.79 Å². The van der Waals surface area contributed by atoms with Crippen molar-refractivity contribution in [2.75, 3.05) is 37.7 Å². The van der Waals surface area contributed by atoms with Gasteiger partial charge in [0.1, 0.15) is 17.6 Å². The Morgan fingerprint density at radius 3 is 2.54 bits per heavy atom. The lowest BCUT2D eigenvalue weighted by atomic mass is 10.0. The molecule has 0 amide bonds. The van der Waals surface area contributed by atoms with Gasteiger partial charge in [-0.05, 0) is 32.9 Å². The van der Waals surface area contributed by atoms with E-state index in [2.05, 4.69) is 10.1 Å². The van der Waals surface area contributed by atoms with E-state index < -0.39 is 12.0 Å². The van der Waals surface area contributed by atoms with Crippen LogP contribution in [0, 0.1) is 13.8 Å². The van der Waals surface area contributed by atoms with E-state index in [0.29, 0.717) is 36.7 Å². The van der Waals surface area contributed by atoms with E-state index in [1.54, 1.807) is 13.8 Å². The average molecular weight is 359 g/mol. The number of carbonyl (C=O) groups is 1. The second-order valence-electron chi connectivity index (χ2n) is 6.40. The van der Waals surface area contributed by atoms with Gasteiger partial charge in [0, 0.05) is 31.7 Å². The van der Waals surface area contributed by atoms with Crippen molar-refractivity contribution in [2.45, 2.75) is 26.8 Å². The third-order valence-electron chi connectivity index (χ3n) is 4.78. The van der Waals surface area contributed by atoms with E-state index in [1.165, 1.54) is 0 Å². The number of carboxylic acids is 1. The Morgan fingerprint density at radius 2 is 1.96 bits per heavy atom. The molecule has 7 heteroatoms. The Morgan fingerprint density at radius 1 is 1.27 bits per heavy atom. The summed E-state index contributed by atoms with van der Waals surface area (Å²) in [4.78, 5) is 16.2. The highest BCUT2D eigenvalue weighted by atomic mass is 16.5. The molecule has 26 heavy (non-hydrogen) atoms. The van der Waals surface area contributed by atoms with Crippen LogP contribution in [0.1, 0.15) is 30.0 Å². The van der Waals surface area contributed by atoms with Crippen molar-refractivity contribution in [3.05, 3.63) is 41.3 Å². The summed E-state index contributed by atoms with van der Waals surface area (Å²) in [6.45, 7) is 8.88. The monoisotopic (exact) mass is 359 g/mol. The van der Waals surface area contributed by atoms with Gasteiger partial charge in [-0.2, -0.15) is 0 Å². The summed E-state index contributed by atoms with van der Waals surface area (Å²) in [5.41, 5.74) is 2.36. The predicted molar refractivity (Wildman–Crippen MR) is 97.8 cm³/mol. The highest BCUT2D eigenvalue weighted by Gasteiger charge is 2.34. The van der Waals surface area contributed by atoms with E-state index in [4.69, 9.17) is 9.26 Å². The highest BCUT2D eigenvalue weighted by molar-refractivity contribution is 5.76. The molecule has 1 aromatic carbocycles. The molecule has 1 unspecified atom stereocenters. The van der Waals surface area contributed by atoms with Crippen LogP contribution < -0.4 is 9.64 Å². The van der Waals surface area contributed by atoms with Gasteiger partial charge in [0.15, 0.2) is 0 Å². The number of aliphatic carboxylic acids is 1. The standard InChI is InChI=1S/C19H25N3O4/c1-4-25-16-8-6-5-7-15(16)21-9-11-22(12-10-21)18(19(23)24)17-13(2)20-26-14(17)3/h5-8,18H,4,9-12H2,1-3H3,(H,23,24). The lowest BCUT2D eigenvalue weighted by Gasteiger charge is -2.39. The van der Waals surface area contributed by atoms with Crippen molar-refractivity contribution in [3.8, 4) is 5.75 Å². The SMILES string of the molecule is CCOc1ccccc1N1CCN(C(C(=O)O)c2c(C)noc2C)CC1. The Hall–Kier alpha value is -2.54. The minimum Gasteiger partial charge on any atom is -0.492 e. The summed E-state index contributed by atoms with van der Waals surface area (Å²) in [6.07, 6.45) is 0. The Balaban J connectivity index is 1.76. The van der Waals surface area contributed by atoms with Crippen molar-refractivity contribution in [3.63, 3.8) is 0 Å². The van der Waals surface area contributed by atoms with Crippen molar-refractivity contribution in [2.24, 2.45) is 0 Å². The molecule has 140 valence electrons. The minimum absolute atomic E-state index is 0.569. The quantitative estimate of drug-likeness (QED) is 0.849. The van der Waals surface area contributed by atoms with Crippen LogP contribution in [0.4, 0.5) is 5.69 Å². The van der Waals surface area contributed by atoms with Crippen LogP contribution >= 0.6 is 0 Å². The number of aromatic nitrogens is 1. The van der Waals surface area contributed by atoms with E-state index in [-0.39, 0.29) is 0 Å². The first-order chi connectivity index (χ1) is 12.5. The molecule has 0 saturated carbocycles. The highest BCUT2D eigenvalue weighted by Crippen LogP contribution is 2.32. The summed E-state index contributed by atoms with van der Waals surface area (Å²) in [7, 11) is 0. The zero-order valence-electron chi connectivity index (χ0n) is 15.4. The molecule has 0 aliphatic carbocycles. The summed E-state index contributed by atoms with van der Waals surface area (Å²) in [5, 5.41) is 13.7. The minimum atomic E-state index is -0.873. The second kappa shape index (κ2) is 7.78. The van der Waals surface area contributed by atoms with Gasteiger partial charge in [0.05, 0.1) is 18.0 Å². The fourth-order valence-corrected chi connectivity index (χ4v) is 3.56. The molecular weight excluding hydrogens is 334 g/mol. The number of benzene rings is 1. The first-order valence-electron chi connectivity index (χ1n) is 8.89. The van der Waals surface area contributed by atoms with E-state index >= 15 is 0 Å². The zero-order chi connectivity index (χ0) is 18.7. The molecule has 1 aliphatic rings. The van der Waals surface area contributed by atoms with Gasteiger partial charge in [-0.15, -0.1) is 0 Å². The molecule has 1 atom stereocenters. The maximum absolute atomic E-state index is 11.9. The molecule has 7 nitrogen and oxygen atoms in total. The Kier molecular flexibility index (Phi) is 5.46. The van der Waals surface area contributed by atoms with Crippen molar-refractivity contribution in [1.82, 2.24) is 10.1 Å². The number of anilines is 1. The van der Waals surface area contributed by atoms with Gasteiger partial charge < -0.3 is 19.3 Å². The average Bonchev–Trinajstić information content (AvgIpc) is 2.96. The zero-order valence-corrected chi connectivity index (χ0v) is 15.4. The molecule has 1 saturated heterocycles. The maximum atomic E-state index is 11.9. The molecule has 1 aromatic heterocycles. The fraction of sp³-hybridized carbons (Fsp3) is 0.474. The lowest BCUT2D eigenvalue weighted by Crippen LogP contribution is -2.49. The van der Waals surface area contributed by atoms with Crippen LogP contribution in [0.15, 0.2) is 28.8 Å². The number of nitrogens with zero attached hydrogens (tertiary/aromatic N) is 3. The number of para-hydroxylation sites is 2. The number of hydrogen-bond acceptors (Lipinski definition) is 6. The summed E-state index contributed by atoms with van der Waals surface area (Å²) < 4.78 is 10.9. The number of ether oxygens (including phenoxy) is 1. The largest absolute Gasteiger partial charge is 0.492 e. The topological polar surface area (TPSA) is 79.0 Å². The van der Waals surface area contributed by atoms with E-state index in [0.717, 1.165) is 24.5 Å². The maximum Gasteiger partial charge on any atom is 0.325 e. The van der Waals surface area contributed by atoms with Crippen LogP contribution in [-0.4, -0.2) is 53.9 Å². The summed E-state index contributed by atoms with van der Waals surface area (Å²) in [5.74, 6) is 0.561. The molecule has 1 fully saturated rings. The Bertz CT molecular complexity index is 746. The first kappa shape index (κ1) is 18.3. The van der Waals surface area contributed by atoms with Gasteiger partial charge in [-0.25, -0.2) is 0 Å². The first-order valence-corrected chi connectivity index (χ1v) is 8.89. The van der Waals surface area contributed by atoms with Gasteiger partial charge in [-0.3, -0.25) is 9.69 Å².